The Morgan fingerprint density at radius 1 is 1.12 bits per heavy atom. The number of aromatic nitrogens is 2. The predicted molar refractivity (Wildman–Crippen MR) is 87.7 cm³/mol. The summed E-state index contributed by atoms with van der Waals surface area (Å²) in [5.74, 6) is 0.651. The van der Waals surface area contributed by atoms with Crippen LogP contribution in [0.25, 0.3) is 0 Å². The molecule has 0 bridgehead atoms. The van der Waals surface area contributed by atoms with Crippen molar-refractivity contribution in [2.45, 2.75) is 19.5 Å². The van der Waals surface area contributed by atoms with Gasteiger partial charge in [0, 0.05) is 6.54 Å². The zero-order valence-electron chi connectivity index (χ0n) is 13.6. The van der Waals surface area contributed by atoms with Gasteiger partial charge in [0.05, 0.1) is 11.8 Å². The molecule has 1 aromatic heterocycles. The molecule has 0 saturated heterocycles. The Bertz CT molecular complexity index is 695. The lowest BCUT2D eigenvalue weighted by Gasteiger charge is -2.15. The van der Waals surface area contributed by atoms with Crippen LogP contribution in [0.5, 0.6) is 11.5 Å². The number of benzene rings is 1. The third kappa shape index (κ3) is 5.40. The Morgan fingerprint density at radius 3 is 2.48 bits per heavy atom. The Hall–Kier alpha value is -2.71. The van der Waals surface area contributed by atoms with Crippen LogP contribution in [-0.4, -0.2) is 29.7 Å². The standard InChI is InChI=1S/C16H19F3N4O2/c1-2-7-21-14-13(10-22-15(20)23-14)25-9-8-24-12-6-4-3-5-11(12)16(17,18)19/h3-6,10H,2,7-9H2,1H3,(H3,20,21,22,23). The largest absolute Gasteiger partial charge is 0.489 e. The van der Waals surface area contributed by atoms with Crippen molar-refractivity contribution in [1.29, 1.82) is 0 Å². The van der Waals surface area contributed by atoms with Gasteiger partial charge in [0.15, 0.2) is 11.6 Å². The van der Waals surface area contributed by atoms with Gasteiger partial charge < -0.3 is 20.5 Å². The molecule has 2 rings (SSSR count). The summed E-state index contributed by atoms with van der Waals surface area (Å²) in [7, 11) is 0. The van der Waals surface area contributed by atoms with E-state index in [0.29, 0.717) is 18.1 Å². The van der Waals surface area contributed by atoms with E-state index in [0.717, 1.165) is 12.5 Å². The highest BCUT2D eigenvalue weighted by Crippen LogP contribution is 2.35. The van der Waals surface area contributed by atoms with Crippen molar-refractivity contribution in [3.05, 3.63) is 36.0 Å². The summed E-state index contributed by atoms with van der Waals surface area (Å²) in [6, 6.07) is 5.02. The summed E-state index contributed by atoms with van der Waals surface area (Å²) in [4.78, 5) is 7.88. The van der Waals surface area contributed by atoms with Crippen molar-refractivity contribution in [2.75, 3.05) is 30.8 Å². The molecule has 0 atom stereocenters. The normalized spacial score (nSPS) is 11.2. The number of nitrogen functional groups attached to an aromatic ring is 1. The van der Waals surface area contributed by atoms with Crippen LogP contribution in [-0.2, 0) is 6.18 Å². The molecule has 2 aromatic rings. The second-order valence-corrected chi connectivity index (χ2v) is 5.06. The van der Waals surface area contributed by atoms with Crippen LogP contribution in [0.15, 0.2) is 30.5 Å². The fraction of sp³-hybridized carbons (Fsp3) is 0.375. The van der Waals surface area contributed by atoms with E-state index in [-0.39, 0.29) is 24.9 Å². The molecular weight excluding hydrogens is 337 g/mol. The Balaban J connectivity index is 1.94. The quantitative estimate of drug-likeness (QED) is 0.706. The number of hydrogen-bond donors (Lipinski definition) is 2. The summed E-state index contributed by atoms with van der Waals surface area (Å²) < 4.78 is 49.3. The average molecular weight is 356 g/mol. The molecule has 0 radical (unpaired) electrons. The van der Waals surface area contributed by atoms with Gasteiger partial charge in [0.1, 0.15) is 19.0 Å². The molecule has 25 heavy (non-hydrogen) atoms. The van der Waals surface area contributed by atoms with Crippen molar-refractivity contribution in [3.63, 3.8) is 0 Å². The fourth-order valence-electron chi connectivity index (χ4n) is 1.99. The molecule has 1 aromatic carbocycles. The van der Waals surface area contributed by atoms with Crippen LogP contribution in [0.3, 0.4) is 0 Å². The van der Waals surface area contributed by atoms with Gasteiger partial charge in [0.25, 0.3) is 0 Å². The number of hydrogen-bond acceptors (Lipinski definition) is 6. The van der Waals surface area contributed by atoms with E-state index in [4.69, 9.17) is 15.2 Å². The van der Waals surface area contributed by atoms with Crippen LogP contribution < -0.4 is 20.5 Å². The minimum Gasteiger partial charge on any atom is -0.489 e. The molecule has 0 amide bonds. The molecule has 0 aliphatic heterocycles. The maximum atomic E-state index is 12.9. The third-order valence-electron chi connectivity index (χ3n) is 3.11. The number of nitrogens with zero attached hydrogens (tertiary/aromatic N) is 2. The van der Waals surface area contributed by atoms with E-state index in [9.17, 15) is 13.2 Å². The van der Waals surface area contributed by atoms with Gasteiger partial charge >= 0.3 is 6.18 Å². The maximum Gasteiger partial charge on any atom is 0.419 e. The van der Waals surface area contributed by atoms with Gasteiger partial charge in [-0.05, 0) is 18.6 Å². The van der Waals surface area contributed by atoms with Crippen LogP contribution in [0.1, 0.15) is 18.9 Å². The van der Waals surface area contributed by atoms with Crippen molar-refractivity contribution < 1.29 is 22.6 Å². The fourth-order valence-corrected chi connectivity index (χ4v) is 1.99. The summed E-state index contributed by atoms with van der Waals surface area (Å²) in [5, 5.41) is 3.05. The summed E-state index contributed by atoms with van der Waals surface area (Å²) in [6.45, 7) is 2.62. The number of nitrogens with one attached hydrogen (secondary N) is 1. The molecule has 9 heteroatoms. The van der Waals surface area contributed by atoms with Gasteiger partial charge in [-0.3, -0.25) is 0 Å². The molecule has 0 aliphatic rings. The van der Waals surface area contributed by atoms with Gasteiger partial charge in [0.2, 0.25) is 5.95 Å². The highest BCUT2D eigenvalue weighted by molar-refractivity contribution is 5.51. The molecule has 0 fully saturated rings. The van der Waals surface area contributed by atoms with Crippen molar-refractivity contribution in [1.82, 2.24) is 9.97 Å². The van der Waals surface area contributed by atoms with Crippen molar-refractivity contribution in [2.24, 2.45) is 0 Å². The number of halogens is 3. The van der Waals surface area contributed by atoms with E-state index in [1.165, 1.54) is 24.4 Å². The molecule has 0 saturated carbocycles. The van der Waals surface area contributed by atoms with Gasteiger partial charge in [-0.15, -0.1) is 0 Å². The number of nitrogens with two attached hydrogens (primary N) is 1. The average Bonchev–Trinajstić information content (AvgIpc) is 2.57. The first kappa shape index (κ1) is 18.6. The highest BCUT2D eigenvalue weighted by Gasteiger charge is 2.33. The highest BCUT2D eigenvalue weighted by atomic mass is 19.4. The summed E-state index contributed by atoms with van der Waals surface area (Å²) >= 11 is 0. The van der Waals surface area contributed by atoms with Crippen LogP contribution in [0.2, 0.25) is 0 Å². The second-order valence-electron chi connectivity index (χ2n) is 5.06. The molecule has 0 aliphatic carbocycles. The number of rotatable bonds is 8. The monoisotopic (exact) mass is 356 g/mol. The molecule has 136 valence electrons. The van der Waals surface area contributed by atoms with Crippen molar-refractivity contribution >= 4 is 11.8 Å². The number of anilines is 2. The minimum absolute atomic E-state index is 0.0281. The Labute approximate surface area is 143 Å². The first-order chi connectivity index (χ1) is 11.9. The molecule has 1 heterocycles. The number of para-hydroxylation sites is 1. The third-order valence-corrected chi connectivity index (χ3v) is 3.11. The van der Waals surface area contributed by atoms with E-state index in [1.54, 1.807) is 0 Å². The van der Waals surface area contributed by atoms with Crippen molar-refractivity contribution in [3.8, 4) is 11.5 Å². The second kappa shape index (κ2) is 8.41. The summed E-state index contributed by atoms with van der Waals surface area (Å²) in [5.41, 5.74) is 4.72. The predicted octanol–water partition coefficient (Wildman–Crippen LogP) is 3.36. The minimum atomic E-state index is -4.47. The smallest absolute Gasteiger partial charge is 0.419 e. The van der Waals surface area contributed by atoms with Crippen LogP contribution >= 0.6 is 0 Å². The molecule has 0 unspecified atom stereocenters. The maximum absolute atomic E-state index is 12.9. The lowest BCUT2D eigenvalue weighted by molar-refractivity contribution is -0.139. The number of alkyl halides is 3. The number of ether oxygens (including phenoxy) is 2. The SMILES string of the molecule is CCCNc1nc(N)ncc1OCCOc1ccccc1C(F)(F)F. The summed E-state index contributed by atoms with van der Waals surface area (Å²) in [6.07, 6.45) is -2.19. The van der Waals surface area contributed by atoms with Gasteiger partial charge in [-0.2, -0.15) is 18.2 Å². The van der Waals surface area contributed by atoms with Gasteiger partial charge in [-0.1, -0.05) is 19.1 Å². The van der Waals surface area contributed by atoms with Crippen LogP contribution in [0.4, 0.5) is 24.9 Å². The Morgan fingerprint density at radius 2 is 1.80 bits per heavy atom. The first-order valence-electron chi connectivity index (χ1n) is 7.70. The van der Waals surface area contributed by atoms with E-state index in [1.807, 2.05) is 6.92 Å². The topological polar surface area (TPSA) is 82.3 Å². The lowest BCUT2D eigenvalue weighted by Crippen LogP contribution is -2.14. The first-order valence-corrected chi connectivity index (χ1v) is 7.70. The molecule has 3 N–H and O–H groups in total. The Kier molecular flexibility index (Phi) is 6.26. The van der Waals surface area contributed by atoms with E-state index in [2.05, 4.69) is 15.3 Å². The lowest BCUT2D eigenvalue weighted by atomic mass is 10.2. The van der Waals surface area contributed by atoms with Crippen LogP contribution in [0, 0.1) is 0 Å². The molecule has 6 nitrogen and oxygen atoms in total. The zero-order chi connectivity index (χ0) is 18.3. The zero-order valence-corrected chi connectivity index (χ0v) is 13.6. The molecule has 0 spiro atoms. The van der Waals surface area contributed by atoms with E-state index >= 15 is 0 Å². The van der Waals surface area contributed by atoms with Gasteiger partial charge in [-0.25, -0.2) is 4.98 Å². The molecular formula is C16H19F3N4O2. The van der Waals surface area contributed by atoms with E-state index < -0.39 is 11.7 Å².